The number of benzene rings is 1. The van der Waals surface area contributed by atoms with Crippen molar-refractivity contribution in [2.75, 3.05) is 18.5 Å². The molecule has 0 heterocycles. The van der Waals surface area contributed by atoms with Crippen molar-refractivity contribution in [1.29, 1.82) is 0 Å². The summed E-state index contributed by atoms with van der Waals surface area (Å²) >= 11 is 0. The number of anilines is 1. The Labute approximate surface area is 112 Å². The molecule has 0 spiro atoms. The minimum atomic E-state index is 0.855. The van der Waals surface area contributed by atoms with E-state index < -0.39 is 0 Å². The molecule has 0 atom stereocenters. The average molecular weight is 246 g/mol. The van der Waals surface area contributed by atoms with Gasteiger partial charge in [0.1, 0.15) is 0 Å². The lowest BCUT2D eigenvalue weighted by atomic mass is 10.2. The molecule has 0 unspecified atom stereocenters. The Hall–Kier alpha value is -1.57. The molecule has 0 amide bonds. The molecule has 2 nitrogen and oxygen atoms in total. The molecule has 0 saturated heterocycles. The molecule has 1 aromatic rings. The SMILES string of the molecule is C/C=C\N=C(C)CN(C)c1cccc(C)c1.CC. The number of aryl methyl sites for hydroxylation is 1. The van der Waals surface area contributed by atoms with Gasteiger partial charge in [-0.05, 0) is 38.5 Å². The Bertz CT molecular complexity index is 392. The van der Waals surface area contributed by atoms with Gasteiger partial charge in [-0.1, -0.05) is 32.1 Å². The normalized spacial score (nSPS) is 11.1. The highest BCUT2D eigenvalue weighted by Crippen LogP contribution is 2.13. The van der Waals surface area contributed by atoms with Gasteiger partial charge in [0, 0.05) is 24.6 Å². The van der Waals surface area contributed by atoms with E-state index in [2.05, 4.69) is 48.1 Å². The fraction of sp³-hybridized carbons (Fsp3) is 0.438. The summed E-state index contributed by atoms with van der Waals surface area (Å²) in [6.45, 7) is 11.0. The van der Waals surface area contributed by atoms with Gasteiger partial charge >= 0.3 is 0 Å². The lowest BCUT2D eigenvalue weighted by Gasteiger charge is -2.19. The van der Waals surface area contributed by atoms with Gasteiger partial charge < -0.3 is 4.90 Å². The number of hydrogen-bond donors (Lipinski definition) is 0. The van der Waals surface area contributed by atoms with E-state index in [1.807, 2.05) is 40.0 Å². The van der Waals surface area contributed by atoms with Gasteiger partial charge in [0.2, 0.25) is 0 Å². The molecule has 0 aliphatic carbocycles. The van der Waals surface area contributed by atoms with Crippen LogP contribution in [0.25, 0.3) is 0 Å². The summed E-state index contributed by atoms with van der Waals surface area (Å²) in [7, 11) is 2.09. The molecule has 0 aliphatic rings. The second-order valence-electron chi connectivity index (χ2n) is 4.04. The van der Waals surface area contributed by atoms with E-state index in [0.717, 1.165) is 12.3 Å². The van der Waals surface area contributed by atoms with Crippen LogP contribution in [-0.2, 0) is 0 Å². The minimum absolute atomic E-state index is 0.855. The third-order valence-electron chi connectivity index (χ3n) is 2.35. The zero-order valence-corrected chi connectivity index (χ0v) is 12.6. The molecule has 1 rings (SSSR count). The zero-order chi connectivity index (χ0) is 14.0. The predicted octanol–water partition coefficient (Wildman–Crippen LogP) is 4.45. The van der Waals surface area contributed by atoms with Gasteiger partial charge in [0.15, 0.2) is 0 Å². The first kappa shape index (κ1) is 16.4. The van der Waals surface area contributed by atoms with E-state index in [4.69, 9.17) is 0 Å². The molecule has 0 radical (unpaired) electrons. The first-order valence-electron chi connectivity index (χ1n) is 6.55. The highest BCUT2D eigenvalue weighted by atomic mass is 15.1. The topological polar surface area (TPSA) is 15.6 Å². The molecular formula is C16H26N2. The summed E-state index contributed by atoms with van der Waals surface area (Å²) in [4.78, 5) is 6.53. The van der Waals surface area contributed by atoms with Crippen molar-refractivity contribution in [3.8, 4) is 0 Å². The maximum atomic E-state index is 4.32. The number of hydrogen-bond acceptors (Lipinski definition) is 2. The van der Waals surface area contributed by atoms with Crippen LogP contribution in [0.3, 0.4) is 0 Å². The van der Waals surface area contributed by atoms with Gasteiger partial charge in [0.25, 0.3) is 0 Å². The highest BCUT2D eigenvalue weighted by Gasteiger charge is 2.01. The monoisotopic (exact) mass is 246 g/mol. The van der Waals surface area contributed by atoms with E-state index in [0.29, 0.717) is 0 Å². The third kappa shape index (κ3) is 6.24. The van der Waals surface area contributed by atoms with E-state index >= 15 is 0 Å². The van der Waals surface area contributed by atoms with Crippen LogP contribution in [0.2, 0.25) is 0 Å². The molecule has 0 saturated carbocycles. The van der Waals surface area contributed by atoms with Crippen LogP contribution >= 0.6 is 0 Å². The Morgan fingerprint density at radius 2 is 2.00 bits per heavy atom. The average Bonchev–Trinajstić information content (AvgIpc) is 2.38. The van der Waals surface area contributed by atoms with Crippen LogP contribution in [0.4, 0.5) is 5.69 Å². The van der Waals surface area contributed by atoms with Crippen LogP contribution in [0, 0.1) is 6.92 Å². The summed E-state index contributed by atoms with van der Waals surface area (Å²) in [5, 5.41) is 0. The maximum absolute atomic E-state index is 4.32. The fourth-order valence-electron chi connectivity index (χ4n) is 1.54. The van der Waals surface area contributed by atoms with Crippen molar-refractivity contribution in [2.45, 2.75) is 34.6 Å². The molecule has 1 aromatic carbocycles. The van der Waals surface area contributed by atoms with Crippen molar-refractivity contribution < 1.29 is 0 Å². The summed E-state index contributed by atoms with van der Waals surface area (Å²) in [6, 6.07) is 8.50. The maximum Gasteiger partial charge on any atom is 0.0556 e. The molecule has 100 valence electrons. The summed E-state index contributed by atoms with van der Waals surface area (Å²) in [5.41, 5.74) is 3.63. The summed E-state index contributed by atoms with van der Waals surface area (Å²) in [5.74, 6) is 0. The quantitative estimate of drug-likeness (QED) is 0.717. The Balaban J connectivity index is 0.00000137. The van der Waals surface area contributed by atoms with Crippen LogP contribution in [0.1, 0.15) is 33.3 Å². The molecule has 0 aromatic heterocycles. The summed E-state index contributed by atoms with van der Waals surface area (Å²) < 4.78 is 0. The largest absolute Gasteiger partial charge is 0.369 e. The third-order valence-corrected chi connectivity index (χ3v) is 2.35. The standard InChI is InChI=1S/C14H20N2.C2H6/c1-5-9-15-13(3)11-16(4)14-8-6-7-12(2)10-14;1-2/h5-10H,11H2,1-4H3;1-2H3/b9-5-,15-13?;. The predicted molar refractivity (Wildman–Crippen MR) is 83.7 cm³/mol. The van der Waals surface area contributed by atoms with Crippen LogP contribution in [-0.4, -0.2) is 19.3 Å². The van der Waals surface area contributed by atoms with Crippen molar-refractivity contribution in [2.24, 2.45) is 4.99 Å². The first-order valence-corrected chi connectivity index (χ1v) is 6.55. The van der Waals surface area contributed by atoms with Crippen molar-refractivity contribution in [3.63, 3.8) is 0 Å². The van der Waals surface area contributed by atoms with E-state index in [1.165, 1.54) is 11.3 Å². The van der Waals surface area contributed by atoms with Gasteiger partial charge in [-0.3, -0.25) is 4.99 Å². The van der Waals surface area contributed by atoms with Crippen LogP contribution in [0.15, 0.2) is 41.5 Å². The Kier molecular flexibility index (Phi) is 8.63. The lowest BCUT2D eigenvalue weighted by molar-refractivity contribution is 1.05. The minimum Gasteiger partial charge on any atom is -0.369 e. The lowest BCUT2D eigenvalue weighted by Crippen LogP contribution is -2.23. The smallest absolute Gasteiger partial charge is 0.0556 e. The van der Waals surface area contributed by atoms with E-state index in [-0.39, 0.29) is 0 Å². The zero-order valence-electron chi connectivity index (χ0n) is 12.6. The fourth-order valence-corrected chi connectivity index (χ4v) is 1.54. The van der Waals surface area contributed by atoms with Crippen LogP contribution < -0.4 is 4.90 Å². The van der Waals surface area contributed by atoms with Crippen molar-refractivity contribution in [3.05, 3.63) is 42.1 Å². The van der Waals surface area contributed by atoms with Gasteiger partial charge in [-0.2, -0.15) is 0 Å². The Morgan fingerprint density at radius 3 is 2.56 bits per heavy atom. The number of aliphatic imine (C=N–C) groups is 1. The second kappa shape index (κ2) is 9.46. The molecule has 18 heavy (non-hydrogen) atoms. The van der Waals surface area contributed by atoms with Gasteiger partial charge in [-0.25, -0.2) is 0 Å². The number of allylic oxidation sites excluding steroid dienone is 1. The Morgan fingerprint density at radius 1 is 1.33 bits per heavy atom. The van der Waals surface area contributed by atoms with Crippen molar-refractivity contribution >= 4 is 11.4 Å². The molecular weight excluding hydrogens is 220 g/mol. The molecule has 0 N–H and O–H groups in total. The molecule has 0 fully saturated rings. The van der Waals surface area contributed by atoms with Crippen LogP contribution in [0.5, 0.6) is 0 Å². The van der Waals surface area contributed by atoms with Gasteiger partial charge in [-0.15, -0.1) is 0 Å². The van der Waals surface area contributed by atoms with Gasteiger partial charge in [0.05, 0.1) is 6.54 Å². The number of rotatable bonds is 4. The highest BCUT2D eigenvalue weighted by molar-refractivity contribution is 5.87. The first-order chi connectivity index (χ1) is 8.63. The van der Waals surface area contributed by atoms with E-state index in [1.54, 1.807) is 0 Å². The summed E-state index contributed by atoms with van der Waals surface area (Å²) in [6.07, 6.45) is 3.77. The number of nitrogens with zero attached hydrogens (tertiary/aromatic N) is 2. The van der Waals surface area contributed by atoms with E-state index in [9.17, 15) is 0 Å². The molecule has 0 bridgehead atoms. The van der Waals surface area contributed by atoms with Crippen molar-refractivity contribution in [1.82, 2.24) is 0 Å². The second-order valence-corrected chi connectivity index (χ2v) is 4.04. The molecule has 0 aliphatic heterocycles. The molecule has 2 heteroatoms.